The standard InChI is InChI=1S/C16H8Cl4N2/c17-9-1-3-11(13(19)5-9)15-7-16(22-8-21-15)12-4-2-10(18)6-14(12)20/h1-8H. The molecule has 0 N–H and O–H groups in total. The molecular weight excluding hydrogens is 362 g/mol. The summed E-state index contributed by atoms with van der Waals surface area (Å²) in [6, 6.07) is 12.3. The van der Waals surface area contributed by atoms with Crippen LogP contribution in [-0.2, 0) is 0 Å². The normalized spacial score (nSPS) is 10.7. The number of hydrogen-bond donors (Lipinski definition) is 0. The van der Waals surface area contributed by atoms with Crippen molar-refractivity contribution in [1.29, 1.82) is 0 Å². The smallest absolute Gasteiger partial charge is 0.116 e. The Morgan fingerprint density at radius 3 is 1.45 bits per heavy atom. The SMILES string of the molecule is Clc1ccc(-c2cc(-c3ccc(Cl)cc3Cl)ncn2)c(Cl)c1. The molecule has 0 atom stereocenters. The van der Waals surface area contributed by atoms with E-state index in [1.54, 1.807) is 24.3 Å². The summed E-state index contributed by atoms with van der Waals surface area (Å²) < 4.78 is 0. The van der Waals surface area contributed by atoms with Crippen molar-refractivity contribution in [1.82, 2.24) is 9.97 Å². The van der Waals surface area contributed by atoms with Gasteiger partial charge in [-0.05, 0) is 42.5 Å². The van der Waals surface area contributed by atoms with E-state index in [4.69, 9.17) is 46.4 Å². The molecule has 0 amide bonds. The van der Waals surface area contributed by atoms with Gasteiger partial charge in [-0.25, -0.2) is 9.97 Å². The molecule has 1 heterocycles. The molecule has 2 aromatic carbocycles. The van der Waals surface area contributed by atoms with Crippen LogP contribution in [-0.4, -0.2) is 9.97 Å². The van der Waals surface area contributed by atoms with Gasteiger partial charge in [0.1, 0.15) is 6.33 Å². The molecular formula is C16H8Cl4N2. The Labute approximate surface area is 147 Å². The van der Waals surface area contributed by atoms with Crippen LogP contribution in [0, 0.1) is 0 Å². The highest BCUT2D eigenvalue weighted by atomic mass is 35.5. The summed E-state index contributed by atoms with van der Waals surface area (Å²) in [5, 5.41) is 2.20. The van der Waals surface area contributed by atoms with Gasteiger partial charge in [-0.3, -0.25) is 0 Å². The minimum absolute atomic E-state index is 0.527. The first kappa shape index (κ1) is 15.6. The first-order valence-corrected chi connectivity index (χ1v) is 7.78. The van der Waals surface area contributed by atoms with Crippen molar-refractivity contribution >= 4 is 46.4 Å². The molecule has 0 bridgehead atoms. The lowest BCUT2D eigenvalue weighted by molar-refractivity contribution is 1.18. The van der Waals surface area contributed by atoms with Gasteiger partial charge < -0.3 is 0 Å². The van der Waals surface area contributed by atoms with Crippen molar-refractivity contribution in [3.05, 3.63) is 68.9 Å². The summed E-state index contributed by atoms with van der Waals surface area (Å²) in [4.78, 5) is 8.53. The maximum Gasteiger partial charge on any atom is 0.116 e. The molecule has 110 valence electrons. The van der Waals surface area contributed by atoms with Gasteiger partial charge in [0, 0.05) is 21.2 Å². The summed E-state index contributed by atoms with van der Waals surface area (Å²) in [6.45, 7) is 0. The quantitative estimate of drug-likeness (QED) is 0.520. The predicted molar refractivity (Wildman–Crippen MR) is 92.9 cm³/mol. The van der Waals surface area contributed by atoms with Crippen LogP contribution in [0.15, 0.2) is 48.8 Å². The maximum atomic E-state index is 6.23. The summed E-state index contributed by atoms with van der Waals surface area (Å²) in [5.41, 5.74) is 2.94. The first-order chi connectivity index (χ1) is 10.5. The number of benzene rings is 2. The highest BCUT2D eigenvalue weighted by molar-refractivity contribution is 6.37. The zero-order chi connectivity index (χ0) is 15.7. The average molecular weight is 370 g/mol. The van der Waals surface area contributed by atoms with Gasteiger partial charge in [0.2, 0.25) is 0 Å². The lowest BCUT2D eigenvalue weighted by Crippen LogP contribution is -1.90. The fourth-order valence-electron chi connectivity index (χ4n) is 2.05. The highest BCUT2D eigenvalue weighted by Gasteiger charge is 2.10. The van der Waals surface area contributed by atoms with Gasteiger partial charge in [-0.15, -0.1) is 0 Å². The van der Waals surface area contributed by atoms with Crippen molar-refractivity contribution < 1.29 is 0 Å². The molecule has 3 aromatic rings. The molecule has 0 unspecified atom stereocenters. The second-order valence-electron chi connectivity index (χ2n) is 4.54. The van der Waals surface area contributed by atoms with E-state index < -0.39 is 0 Å². The van der Waals surface area contributed by atoms with Crippen LogP contribution in [0.4, 0.5) is 0 Å². The van der Waals surface area contributed by atoms with Gasteiger partial charge in [-0.2, -0.15) is 0 Å². The van der Waals surface area contributed by atoms with Crippen molar-refractivity contribution in [2.75, 3.05) is 0 Å². The third-order valence-electron chi connectivity index (χ3n) is 3.08. The van der Waals surface area contributed by atoms with Crippen molar-refractivity contribution in [2.45, 2.75) is 0 Å². The fraction of sp³-hybridized carbons (Fsp3) is 0. The van der Waals surface area contributed by atoms with E-state index in [0.29, 0.717) is 31.5 Å². The van der Waals surface area contributed by atoms with E-state index in [9.17, 15) is 0 Å². The van der Waals surface area contributed by atoms with E-state index >= 15 is 0 Å². The Morgan fingerprint density at radius 2 is 1.05 bits per heavy atom. The van der Waals surface area contributed by atoms with Crippen LogP contribution in [0.5, 0.6) is 0 Å². The molecule has 2 nitrogen and oxygen atoms in total. The van der Waals surface area contributed by atoms with Gasteiger partial charge in [0.15, 0.2) is 0 Å². The molecule has 22 heavy (non-hydrogen) atoms. The molecule has 0 spiro atoms. The third kappa shape index (κ3) is 3.21. The van der Waals surface area contributed by atoms with Gasteiger partial charge in [0.25, 0.3) is 0 Å². The molecule has 0 fully saturated rings. The number of aromatic nitrogens is 2. The second kappa shape index (κ2) is 6.43. The molecule has 3 rings (SSSR count). The monoisotopic (exact) mass is 368 g/mol. The minimum Gasteiger partial charge on any atom is -0.236 e. The van der Waals surface area contributed by atoms with Gasteiger partial charge in [-0.1, -0.05) is 46.4 Å². The Bertz CT molecular complexity index is 783. The zero-order valence-corrected chi connectivity index (χ0v) is 14.0. The predicted octanol–water partition coefficient (Wildman–Crippen LogP) is 6.42. The molecule has 0 radical (unpaired) electrons. The molecule has 0 aliphatic carbocycles. The number of halogens is 4. The summed E-state index contributed by atoms with van der Waals surface area (Å²) in [5.74, 6) is 0. The van der Waals surface area contributed by atoms with Crippen molar-refractivity contribution in [2.24, 2.45) is 0 Å². The van der Waals surface area contributed by atoms with Crippen LogP contribution in [0.2, 0.25) is 20.1 Å². The Hall–Kier alpha value is -1.32. The largest absolute Gasteiger partial charge is 0.236 e. The maximum absolute atomic E-state index is 6.23. The van der Waals surface area contributed by atoms with Gasteiger partial charge >= 0.3 is 0 Å². The van der Waals surface area contributed by atoms with Crippen LogP contribution in [0.1, 0.15) is 0 Å². The summed E-state index contributed by atoms with van der Waals surface area (Å²) in [6.07, 6.45) is 1.47. The number of hydrogen-bond acceptors (Lipinski definition) is 2. The summed E-state index contributed by atoms with van der Waals surface area (Å²) in [7, 11) is 0. The Balaban J connectivity index is 2.10. The van der Waals surface area contributed by atoms with E-state index in [2.05, 4.69) is 9.97 Å². The van der Waals surface area contributed by atoms with Crippen molar-refractivity contribution in [3.8, 4) is 22.5 Å². The molecule has 0 aliphatic heterocycles. The minimum atomic E-state index is 0.527. The molecule has 0 aliphatic rings. The molecule has 6 heteroatoms. The fourth-order valence-corrected chi connectivity index (χ4v) is 3.06. The molecule has 0 saturated heterocycles. The highest BCUT2D eigenvalue weighted by Crippen LogP contribution is 2.33. The molecule has 1 aromatic heterocycles. The Kier molecular flexibility index (Phi) is 4.55. The van der Waals surface area contributed by atoms with E-state index in [0.717, 1.165) is 11.1 Å². The average Bonchev–Trinajstić information content (AvgIpc) is 2.47. The zero-order valence-electron chi connectivity index (χ0n) is 11.0. The van der Waals surface area contributed by atoms with Crippen LogP contribution < -0.4 is 0 Å². The van der Waals surface area contributed by atoms with Crippen molar-refractivity contribution in [3.63, 3.8) is 0 Å². The van der Waals surface area contributed by atoms with Gasteiger partial charge in [0.05, 0.1) is 21.4 Å². The lowest BCUT2D eigenvalue weighted by atomic mass is 10.1. The van der Waals surface area contributed by atoms with Crippen LogP contribution in [0.3, 0.4) is 0 Å². The number of rotatable bonds is 2. The van der Waals surface area contributed by atoms with E-state index in [1.807, 2.05) is 18.2 Å². The second-order valence-corrected chi connectivity index (χ2v) is 6.22. The molecule has 0 saturated carbocycles. The topological polar surface area (TPSA) is 25.8 Å². The van der Waals surface area contributed by atoms with E-state index in [1.165, 1.54) is 6.33 Å². The van der Waals surface area contributed by atoms with Crippen LogP contribution >= 0.6 is 46.4 Å². The van der Waals surface area contributed by atoms with Crippen LogP contribution in [0.25, 0.3) is 22.5 Å². The Morgan fingerprint density at radius 1 is 0.591 bits per heavy atom. The first-order valence-electron chi connectivity index (χ1n) is 6.27. The number of nitrogens with zero attached hydrogens (tertiary/aromatic N) is 2. The lowest BCUT2D eigenvalue weighted by Gasteiger charge is -2.08. The van der Waals surface area contributed by atoms with E-state index in [-0.39, 0.29) is 0 Å². The third-order valence-corrected chi connectivity index (χ3v) is 4.18. The summed E-state index contributed by atoms with van der Waals surface area (Å²) >= 11 is 24.3.